The molecule has 0 spiro atoms. The van der Waals surface area contributed by atoms with Gasteiger partial charge in [-0.15, -0.1) is 0 Å². The van der Waals surface area contributed by atoms with E-state index in [4.69, 9.17) is 14.6 Å². The molecule has 1 saturated heterocycles. The van der Waals surface area contributed by atoms with E-state index >= 15 is 0 Å². The summed E-state index contributed by atoms with van der Waals surface area (Å²) in [4.78, 5) is 10.7. The summed E-state index contributed by atoms with van der Waals surface area (Å²) in [5.74, 6) is -0.0235. The van der Waals surface area contributed by atoms with Gasteiger partial charge in [0.15, 0.2) is 6.29 Å². The Morgan fingerprint density at radius 3 is 2.70 bits per heavy atom. The maximum atomic E-state index is 10.9. The monoisotopic (exact) mass is 464 g/mol. The summed E-state index contributed by atoms with van der Waals surface area (Å²) in [6, 6.07) is 0. The molecule has 5 heteroatoms. The highest BCUT2D eigenvalue weighted by Gasteiger charge is 2.44. The highest BCUT2D eigenvalue weighted by molar-refractivity contribution is 5.66. The smallest absolute Gasteiger partial charge is 0.303 e. The van der Waals surface area contributed by atoms with Gasteiger partial charge in [0.1, 0.15) is 0 Å². The number of aliphatic carboxylic acids is 1. The molecule has 0 aromatic heterocycles. The van der Waals surface area contributed by atoms with Gasteiger partial charge < -0.3 is 19.7 Å². The fourth-order valence-corrected chi connectivity index (χ4v) is 5.34. The zero-order chi connectivity index (χ0) is 24.3. The van der Waals surface area contributed by atoms with E-state index in [1.807, 2.05) is 0 Å². The topological polar surface area (TPSA) is 76.0 Å². The Balaban J connectivity index is 2.12. The Kier molecular flexibility index (Phi) is 12.1. The molecule has 0 radical (unpaired) electrons. The third kappa shape index (κ3) is 9.92. The van der Waals surface area contributed by atoms with Crippen LogP contribution in [0.25, 0.3) is 0 Å². The lowest BCUT2D eigenvalue weighted by Gasteiger charge is -2.34. The minimum absolute atomic E-state index is 0.0773. The molecule has 2 aliphatic rings. The minimum atomic E-state index is -0.748. The molecular weight excluding hydrogens is 416 g/mol. The summed E-state index contributed by atoms with van der Waals surface area (Å²) in [5, 5.41) is 19.7. The molecule has 2 N–H and O–H groups in total. The maximum Gasteiger partial charge on any atom is 0.303 e. The van der Waals surface area contributed by atoms with E-state index in [1.54, 1.807) is 0 Å². The molecule has 2 rings (SSSR count). The minimum Gasteiger partial charge on any atom is -0.481 e. The molecular formula is C28H48O5. The van der Waals surface area contributed by atoms with Crippen LogP contribution in [-0.2, 0) is 14.3 Å². The lowest BCUT2D eigenvalue weighted by Crippen LogP contribution is -2.36. The van der Waals surface area contributed by atoms with Gasteiger partial charge in [0.2, 0.25) is 0 Å². The van der Waals surface area contributed by atoms with Gasteiger partial charge in [-0.3, -0.25) is 4.79 Å². The molecule has 2 fully saturated rings. The fourth-order valence-electron chi connectivity index (χ4n) is 5.34. The van der Waals surface area contributed by atoms with Crippen molar-refractivity contribution in [3.63, 3.8) is 0 Å². The zero-order valence-corrected chi connectivity index (χ0v) is 21.4. The van der Waals surface area contributed by atoms with Crippen molar-refractivity contribution >= 4 is 5.97 Å². The van der Waals surface area contributed by atoms with Gasteiger partial charge >= 0.3 is 5.97 Å². The summed E-state index contributed by atoms with van der Waals surface area (Å²) in [6.45, 7) is 9.80. The number of carboxylic acids is 1. The average Bonchev–Trinajstić information content (AvgIpc) is 3.05. The van der Waals surface area contributed by atoms with Crippen molar-refractivity contribution in [1.29, 1.82) is 0 Å². The number of hydrogen-bond donors (Lipinski definition) is 2. The number of aliphatic hydroxyl groups is 1. The first kappa shape index (κ1) is 28.1. The van der Waals surface area contributed by atoms with Crippen LogP contribution in [0.5, 0.6) is 0 Å². The maximum absolute atomic E-state index is 10.9. The molecule has 1 aliphatic heterocycles. The highest BCUT2D eigenvalue weighted by Crippen LogP contribution is 2.43. The molecule has 33 heavy (non-hydrogen) atoms. The Morgan fingerprint density at radius 1 is 1.24 bits per heavy atom. The van der Waals surface area contributed by atoms with E-state index in [9.17, 15) is 9.90 Å². The second-order valence-electron chi connectivity index (χ2n) is 10.9. The molecule has 0 aromatic carbocycles. The number of carboxylic acid groups (broad SMARTS) is 1. The van der Waals surface area contributed by atoms with Crippen LogP contribution < -0.4 is 0 Å². The number of rotatable bonds is 14. The first-order valence-electron chi connectivity index (χ1n) is 13.2. The second-order valence-corrected chi connectivity index (χ2v) is 10.9. The van der Waals surface area contributed by atoms with Gasteiger partial charge in [0.25, 0.3) is 0 Å². The van der Waals surface area contributed by atoms with Crippen LogP contribution in [0.1, 0.15) is 98.3 Å². The first-order chi connectivity index (χ1) is 15.7. The highest BCUT2D eigenvalue weighted by atomic mass is 16.7. The number of allylic oxidation sites excluding steroid dienone is 3. The Bertz CT molecular complexity index is 620. The molecule has 0 aromatic rings. The van der Waals surface area contributed by atoms with Crippen molar-refractivity contribution in [2.45, 2.75) is 117 Å². The number of unbranched alkanes of at least 4 members (excludes halogenated alkanes) is 2. The van der Waals surface area contributed by atoms with Crippen LogP contribution in [0, 0.1) is 23.2 Å². The predicted octanol–water partition coefficient (Wildman–Crippen LogP) is 6.51. The number of hydrogen-bond acceptors (Lipinski definition) is 4. The largest absolute Gasteiger partial charge is 0.481 e. The van der Waals surface area contributed by atoms with Crippen molar-refractivity contribution < 1.29 is 24.5 Å². The Hall–Kier alpha value is -1.17. The summed E-state index contributed by atoms with van der Waals surface area (Å²) in [7, 11) is 0. The summed E-state index contributed by atoms with van der Waals surface area (Å²) in [5.41, 5.74) is 0.116. The Labute approximate surface area is 201 Å². The van der Waals surface area contributed by atoms with Crippen molar-refractivity contribution in [3.05, 3.63) is 24.3 Å². The molecule has 190 valence electrons. The van der Waals surface area contributed by atoms with Gasteiger partial charge in [0, 0.05) is 13.0 Å². The molecule has 5 nitrogen and oxygen atoms in total. The van der Waals surface area contributed by atoms with E-state index in [0.717, 1.165) is 51.6 Å². The lowest BCUT2D eigenvalue weighted by molar-refractivity contribution is -0.193. The molecule has 0 bridgehead atoms. The Morgan fingerprint density at radius 2 is 2.03 bits per heavy atom. The van der Waals surface area contributed by atoms with Gasteiger partial charge in [-0.05, 0) is 74.5 Å². The number of aliphatic hydroxyl groups excluding tert-OH is 1. The van der Waals surface area contributed by atoms with Gasteiger partial charge in [-0.1, -0.05) is 64.8 Å². The van der Waals surface area contributed by atoms with Crippen molar-refractivity contribution in [2.75, 3.05) is 6.61 Å². The molecule has 0 amide bonds. The van der Waals surface area contributed by atoms with E-state index in [2.05, 4.69) is 52.0 Å². The summed E-state index contributed by atoms with van der Waals surface area (Å²) < 4.78 is 12.5. The van der Waals surface area contributed by atoms with E-state index in [-0.39, 0.29) is 42.2 Å². The first-order valence-corrected chi connectivity index (χ1v) is 13.2. The van der Waals surface area contributed by atoms with Crippen LogP contribution in [0.15, 0.2) is 24.3 Å². The molecule has 1 aliphatic carbocycles. The number of ether oxygens (including phenoxy) is 2. The van der Waals surface area contributed by atoms with E-state index in [0.29, 0.717) is 12.3 Å². The number of carbonyl (C=O) groups is 1. The quantitative estimate of drug-likeness (QED) is 0.226. The third-order valence-corrected chi connectivity index (χ3v) is 7.33. The molecule has 6 atom stereocenters. The van der Waals surface area contributed by atoms with Crippen molar-refractivity contribution in [2.24, 2.45) is 23.2 Å². The van der Waals surface area contributed by atoms with Crippen LogP contribution >= 0.6 is 0 Å². The second kappa shape index (κ2) is 14.3. The summed E-state index contributed by atoms with van der Waals surface area (Å²) in [6.07, 6.45) is 18.1. The average molecular weight is 465 g/mol. The van der Waals surface area contributed by atoms with Crippen LogP contribution in [0.3, 0.4) is 0 Å². The SMILES string of the molecule is CCCCC(C)(C)C=C[C@H](OC1CCCCO1)[C@H]1[C@H](C)CC(O)[C@@H]1CC=CCCCC(=O)O. The standard InChI is InChI=1S/C28H48O5/c1-5-6-17-28(3,4)18-16-24(33-26-15-11-12-19-32-26)27-21(2)20-23(29)22(27)13-9-7-8-10-14-25(30)31/h7,9,16,18,21-24,26-27,29H,5-6,8,10-15,17,19-20H2,1-4H3,(H,30,31)/t21-,22+,23?,24+,26?,27+/m1/s1. The van der Waals surface area contributed by atoms with Crippen molar-refractivity contribution in [1.82, 2.24) is 0 Å². The van der Waals surface area contributed by atoms with Crippen molar-refractivity contribution in [3.8, 4) is 0 Å². The lowest BCUT2D eigenvalue weighted by atomic mass is 9.80. The van der Waals surface area contributed by atoms with E-state index in [1.165, 1.54) is 12.8 Å². The van der Waals surface area contributed by atoms with Gasteiger partial charge in [-0.25, -0.2) is 0 Å². The van der Waals surface area contributed by atoms with E-state index < -0.39 is 5.97 Å². The summed E-state index contributed by atoms with van der Waals surface area (Å²) >= 11 is 0. The van der Waals surface area contributed by atoms with Gasteiger partial charge in [-0.2, -0.15) is 0 Å². The van der Waals surface area contributed by atoms with Crippen LogP contribution in [-0.4, -0.2) is 41.3 Å². The predicted molar refractivity (Wildman–Crippen MR) is 133 cm³/mol. The van der Waals surface area contributed by atoms with Crippen LogP contribution in [0.4, 0.5) is 0 Å². The van der Waals surface area contributed by atoms with Crippen LogP contribution in [0.2, 0.25) is 0 Å². The molecule has 1 heterocycles. The third-order valence-electron chi connectivity index (χ3n) is 7.33. The zero-order valence-electron chi connectivity index (χ0n) is 21.4. The molecule has 2 unspecified atom stereocenters. The molecule has 1 saturated carbocycles. The fraction of sp³-hybridized carbons (Fsp3) is 0.821. The van der Waals surface area contributed by atoms with Gasteiger partial charge in [0.05, 0.1) is 12.2 Å². The normalized spacial score (nSPS) is 29.8.